The molecule has 0 saturated carbocycles. The Hall–Kier alpha value is -5.06. The Morgan fingerprint density at radius 3 is 2.18 bits per heavy atom. The number of aliphatic carboxylic acids is 1. The third kappa shape index (κ3) is 9.13. The number of rotatable bonds is 18. The van der Waals surface area contributed by atoms with Gasteiger partial charge >= 0.3 is 5.97 Å². The van der Waals surface area contributed by atoms with Gasteiger partial charge in [0.05, 0.1) is 47.5 Å². The molecule has 0 spiro atoms. The van der Waals surface area contributed by atoms with Crippen molar-refractivity contribution in [2.75, 3.05) is 48.7 Å². The van der Waals surface area contributed by atoms with Crippen molar-refractivity contribution in [3.05, 3.63) is 83.6 Å². The number of methoxy groups -OCH3 is 5. The third-order valence-electron chi connectivity index (χ3n) is 8.98. The number of amides is 1. The van der Waals surface area contributed by atoms with E-state index in [1.807, 2.05) is 54.3 Å². The first kappa shape index (κ1) is 37.8. The van der Waals surface area contributed by atoms with Gasteiger partial charge < -0.3 is 43.2 Å². The highest BCUT2D eigenvalue weighted by molar-refractivity contribution is 5.85. The SMILES string of the molecule is C=C(OC(CCc1ccc(OC)c(OC)c1)c1cccc(OCC(=O)O)c1)C1CCCCN1C(=O)C(CC)c1cc(OC)c(OC)c(OC)c1. The van der Waals surface area contributed by atoms with E-state index in [1.54, 1.807) is 47.7 Å². The molecule has 1 fully saturated rings. The molecule has 50 heavy (non-hydrogen) atoms. The number of nitrogens with zero attached hydrogens (tertiary/aromatic N) is 1. The van der Waals surface area contributed by atoms with Crippen LogP contribution in [-0.2, 0) is 20.7 Å². The molecule has 0 radical (unpaired) electrons. The van der Waals surface area contributed by atoms with Crippen molar-refractivity contribution in [3.63, 3.8) is 0 Å². The van der Waals surface area contributed by atoms with Crippen LogP contribution in [0.2, 0.25) is 0 Å². The van der Waals surface area contributed by atoms with Crippen LogP contribution in [0.4, 0.5) is 0 Å². The van der Waals surface area contributed by atoms with Crippen LogP contribution in [0, 0.1) is 0 Å². The molecule has 1 amide bonds. The summed E-state index contributed by atoms with van der Waals surface area (Å²) in [6.07, 6.45) is 3.77. The maximum absolute atomic E-state index is 14.4. The summed E-state index contributed by atoms with van der Waals surface area (Å²) in [6.45, 7) is 6.48. The van der Waals surface area contributed by atoms with E-state index in [0.717, 1.165) is 29.5 Å². The number of ether oxygens (including phenoxy) is 7. The average Bonchev–Trinajstić information content (AvgIpc) is 3.15. The van der Waals surface area contributed by atoms with Crippen LogP contribution >= 0.6 is 0 Å². The maximum Gasteiger partial charge on any atom is 0.341 e. The molecule has 1 aliphatic heterocycles. The van der Waals surface area contributed by atoms with Gasteiger partial charge in [-0.2, -0.15) is 0 Å². The number of benzene rings is 3. The number of hydrogen-bond acceptors (Lipinski definition) is 9. The zero-order chi connectivity index (χ0) is 36.2. The van der Waals surface area contributed by atoms with Gasteiger partial charge in [-0.05, 0) is 91.6 Å². The Kier molecular flexibility index (Phi) is 13.7. The second kappa shape index (κ2) is 18.1. The normalized spacial score (nSPS) is 15.3. The lowest BCUT2D eigenvalue weighted by Crippen LogP contribution is -2.47. The molecule has 11 nitrogen and oxygen atoms in total. The van der Waals surface area contributed by atoms with E-state index >= 15 is 0 Å². The number of carboxylic acids is 1. The van der Waals surface area contributed by atoms with E-state index in [2.05, 4.69) is 6.58 Å². The van der Waals surface area contributed by atoms with Crippen molar-refractivity contribution < 1.29 is 47.9 Å². The number of aryl methyl sites for hydroxylation is 1. The number of carbonyl (C=O) groups is 2. The van der Waals surface area contributed by atoms with Crippen LogP contribution in [0.1, 0.15) is 67.7 Å². The summed E-state index contributed by atoms with van der Waals surface area (Å²) in [5.74, 6) is 2.07. The first-order valence-electron chi connectivity index (χ1n) is 16.8. The molecule has 0 bridgehead atoms. The lowest BCUT2D eigenvalue weighted by molar-refractivity contribution is -0.139. The molecule has 3 atom stereocenters. The molecule has 3 unspecified atom stereocenters. The molecule has 270 valence electrons. The zero-order valence-electron chi connectivity index (χ0n) is 29.9. The van der Waals surface area contributed by atoms with E-state index < -0.39 is 24.6 Å². The van der Waals surface area contributed by atoms with Crippen LogP contribution in [0.3, 0.4) is 0 Å². The van der Waals surface area contributed by atoms with Gasteiger partial charge in [0.15, 0.2) is 29.6 Å². The fraction of sp³-hybridized carbons (Fsp3) is 0.436. The highest BCUT2D eigenvalue weighted by atomic mass is 16.5. The largest absolute Gasteiger partial charge is 0.493 e. The van der Waals surface area contributed by atoms with E-state index in [4.69, 9.17) is 38.3 Å². The summed E-state index contributed by atoms with van der Waals surface area (Å²) < 4.78 is 39.8. The summed E-state index contributed by atoms with van der Waals surface area (Å²) in [5.41, 5.74) is 2.59. The van der Waals surface area contributed by atoms with Gasteiger partial charge in [0.25, 0.3) is 0 Å². The average molecular weight is 692 g/mol. The quantitative estimate of drug-likeness (QED) is 0.140. The minimum Gasteiger partial charge on any atom is -0.493 e. The molecular weight excluding hydrogens is 642 g/mol. The molecule has 1 heterocycles. The van der Waals surface area contributed by atoms with Crippen LogP contribution in [0.25, 0.3) is 0 Å². The standard InChI is InChI=1S/C39H49NO10/c1-8-30(28-22-35(46-5)38(48-7)36(23-28)47-6)39(43)40-19-10-9-14-31(40)25(2)50-32(27-12-11-13-29(21-27)49-24-37(41)42)17-15-26-16-18-33(44-3)34(20-26)45-4/h11-13,16,18,20-23,30-32H,2,8-10,14-15,17,19,24H2,1,3-7H3,(H,41,42). The summed E-state index contributed by atoms with van der Waals surface area (Å²) in [7, 11) is 7.86. The predicted molar refractivity (Wildman–Crippen MR) is 189 cm³/mol. The van der Waals surface area contributed by atoms with Crippen molar-refractivity contribution in [1.29, 1.82) is 0 Å². The van der Waals surface area contributed by atoms with Crippen LogP contribution in [0.15, 0.2) is 66.9 Å². The first-order chi connectivity index (χ1) is 24.2. The number of carboxylic acid groups (broad SMARTS) is 1. The molecule has 1 N–H and O–H groups in total. The number of carbonyl (C=O) groups excluding carboxylic acids is 1. The van der Waals surface area contributed by atoms with Crippen molar-refractivity contribution >= 4 is 11.9 Å². The second-order valence-electron chi connectivity index (χ2n) is 12.0. The highest BCUT2D eigenvalue weighted by Gasteiger charge is 2.35. The van der Waals surface area contributed by atoms with Crippen LogP contribution in [-0.4, -0.2) is 76.6 Å². The summed E-state index contributed by atoms with van der Waals surface area (Å²) in [4.78, 5) is 27.4. The number of piperidine rings is 1. The molecule has 0 aliphatic carbocycles. The van der Waals surface area contributed by atoms with Crippen molar-refractivity contribution in [2.45, 2.75) is 63.5 Å². The summed E-state index contributed by atoms with van der Waals surface area (Å²) >= 11 is 0. The highest BCUT2D eigenvalue weighted by Crippen LogP contribution is 2.42. The van der Waals surface area contributed by atoms with Crippen LogP contribution in [0.5, 0.6) is 34.5 Å². The Morgan fingerprint density at radius 2 is 1.56 bits per heavy atom. The molecule has 1 saturated heterocycles. The predicted octanol–water partition coefficient (Wildman–Crippen LogP) is 6.97. The minimum atomic E-state index is -1.07. The fourth-order valence-corrected chi connectivity index (χ4v) is 6.42. The molecule has 3 aromatic carbocycles. The first-order valence-corrected chi connectivity index (χ1v) is 16.8. The van der Waals surface area contributed by atoms with Gasteiger partial charge in [0.2, 0.25) is 11.7 Å². The van der Waals surface area contributed by atoms with Crippen molar-refractivity contribution in [2.24, 2.45) is 0 Å². The van der Waals surface area contributed by atoms with E-state index in [-0.39, 0.29) is 11.9 Å². The van der Waals surface area contributed by atoms with Crippen molar-refractivity contribution in [3.8, 4) is 34.5 Å². The summed E-state index contributed by atoms with van der Waals surface area (Å²) in [6, 6.07) is 16.3. The third-order valence-corrected chi connectivity index (χ3v) is 8.98. The lowest BCUT2D eigenvalue weighted by atomic mass is 9.91. The Bertz CT molecular complexity index is 1600. The van der Waals surface area contributed by atoms with Crippen molar-refractivity contribution in [1.82, 2.24) is 4.90 Å². The second-order valence-corrected chi connectivity index (χ2v) is 12.0. The number of likely N-dealkylation sites (tertiary alicyclic amines) is 1. The smallest absolute Gasteiger partial charge is 0.341 e. The van der Waals surface area contributed by atoms with E-state index in [1.165, 1.54) is 0 Å². The van der Waals surface area contributed by atoms with Gasteiger partial charge in [-0.1, -0.05) is 31.7 Å². The Morgan fingerprint density at radius 1 is 0.860 bits per heavy atom. The molecule has 0 aromatic heterocycles. The van der Waals surface area contributed by atoms with E-state index in [9.17, 15) is 9.59 Å². The molecule has 11 heteroatoms. The number of hydrogen-bond donors (Lipinski definition) is 1. The molecule has 1 aliphatic rings. The maximum atomic E-state index is 14.4. The molecule has 3 aromatic rings. The minimum absolute atomic E-state index is 0.0258. The summed E-state index contributed by atoms with van der Waals surface area (Å²) in [5, 5.41) is 9.15. The van der Waals surface area contributed by atoms with Gasteiger partial charge in [0, 0.05) is 6.54 Å². The monoisotopic (exact) mass is 691 g/mol. The topological polar surface area (TPSA) is 122 Å². The van der Waals surface area contributed by atoms with E-state index in [0.29, 0.717) is 72.5 Å². The molecular formula is C39H49NO10. The Labute approximate surface area is 294 Å². The lowest BCUT2D eigenvalue weighted by Gasteiger charge is -2.39. The zero-order valence-corrected chi connectivity index (χ0v) is 29.9. The Balaban J connectivity index is 1.61. The fourth-order valence-electron chi connectivity index (χ4n) is 6.42. The van der Waals surface area contributed by atoms with Gasteiger partial charge in [0.1, 0.15) is 17.6 Å². The van der Waals surface area contributed by atoms with Gasteiger partial charge in [-0.3, -0.25) is 4.79 Å². The van der Waals surface area contributed by atoms with Gasteiger partial charge in [-0.15, -0.1) is 0 Å². The van der Waals surface area contributed by atoms with Gasteiger partial charge in [-0.25, -0.2) is 4.79 Å². The molecule has 4 rings (SSSR count). The van der Waals surface area contributed by atoms with Crippen LogP contribution < -0.4 is 28.4 Å².